The second kappa shape index (κ2) is 7.88. The standard InChI is InChI=1S/C29H28Br2N2/c1-18-13-19-15-28(2,22-7-9-24(30)20-5-3-11-32-26(20)22)17-29(14-18,16-19)23-8-10-25(31)21-6-4-12-33-27(21)23/h3-12,18-19H,13-17H2,1-2H3. The second-order valence-electron chi connectivity index (χ2n) is 10.8. The van der Waals surface area contributed by atoms with E-state index in [1.165, 1.54) is 53.1 Å². The van der Waals surface area contributed by atoms with Crippen molar-refractivity contribution in [2.24, 2.45) is 11.8 Å². The number of pyridine rings is 2. The predicted molar refractivity (Wildman–Crippen MR) is 144 cm³/mol. The molecule has 4 aromatic rings. The Balaban J connectivity index is 1.56. The quantitative estimate of drug-likeness (QED) is 0.243. The smallest absolute Gasteiger partial charge is 0.0750 e. The third-order valence-electron chi connectivity index (χ3n) is 8.28. The summed E-state index contributed by atoms with van der Waals surface area (Å²) in [5.41, 5.74) is 5.37. The highest BCUT2D eigenvalue weighted by molar-refractivity contribution is 9.11. The summed E-state index contributed by atoms with van der Waals surface area (Å²) in [7, 11) is 0. The maximum Gasteiger partial charge on any atom is 0.0750 e. The molecule has 2 aromatic heterocycles. The Kier molecular flexibility index (Phi) is 5.19. The van der Waals surface area contributed by atoms with E-state index in [0.717, 1.165) is 32.7 Å². The van der Waals surface area contributed by atoms with Crippen LogP contribution in [0.3, 0.4) is 0 Å². The van der Waals surface area contributed by atoms with E-state index in [4.69, 9.17) is 9.97 Å². The zero-order valence-corrected chi connectivity index (χ0v) is 22.3. The molecule has 2 heterocycles. The molecule has 4 heteroatoms. The number of halogens is 2. The van der Waals surface area contributed by atoms with Crippen molar-refractivity contribution in [2.45, 2.75) is 56.8 Å². The third kappa shape index (κ3) is 3.47. The molecule has 0 N–H and O–H groups in total. The van der Waals surface area contributed by atoms with Gasteiger partial charge >= 0.3 is 0 Å². The highest BCUT2D eigenvalue weighted by atomic mass is 79.9. The van der Waals surface area contributed by atoms with Gasteiger partial charge in [-0.25, -0.2) is 0 Å². The molecule has 0 aliphatic heterocycles. The van der Waals surface area contributed by atoms with Gasteiger partial charge in [-0.05, 0) is 90.2 Å². The summed E-state index contributed by atoms with van der Waals surface area (Å²) in [4.78, 5) is 9.80. The first-order valence-electron chi connectivity index (χ1n) is 12.0. The molecule has 33 heavy (non-hydrogen) atoms. The van der Waals surface area contributed by atoms with Gasteiger partial charge in [0.2, 0.25) is 0 Å². The number of hydrogen-bond acceptors (Lipinski definition) is 2. The van der Waals surface area contributed by atoms with E-state index in [2.05, 4.69) is 82.1 Å². The van der Waals surface area contributed by atoms with Crippen LogP contribution in [0.5, 0.6) is 0 Å². The molecule has 0 radical (unpaired) electrons. The fourth-order valence-electron chi connectivity index (χ4n) is 7.51. The summed E-state index contributed by atoms with van der Waals surface area (Å²) in [5, 5.41) is 2.44. The van der Waals surface area contributed by atoms with Crippen LogP contribution in [0.2, 0.25) is 0 Å². The molecule has 6 rings (SSSR count). The van der Waals surface area contributed by atoms with Gasteiger partial charge in [-0.15, -0.1) is 0 Å². The van der Waals surface area contributed by atoms with Gasteiger partial charge in [-0.1, -0.05) is 70.0 Å². The maximum atomic E-state index is 4.92. The highest BCUT2D eigenvalue weighted by Crippen LogP contribution is 2.60. The minimum absolute atomic E-state index is 0.0739. The molecule has 168 valence electrons. The fourth-order valence-corrected chi connectivity index (χ4v) is 8.41. The van der Waals surface area contributed by atoms with Gasteiger partial charge in [-0.2, -0.15) is 0 Å². The van der Waals surface area contributed by atoms with E-state index in [0.29, 0.717) is 0 Å². The van der Waals surface area contributed by atoms with Crippen LogP contribution in [0.25, 0.3) is 21.8 Å². The topological polar surface area (TPSA) is 25.8 Å². The fraction of sp³-hybridized carbons (Fsp3) is 0.379. The van der Waals surface area contributed by atoms with Crippen molar-refractivity contribution in [1.82, 2.24) is 9.97 Å². The lowest BCUT2D eigenvalue weighted by Gasteiger charge is -2.55. The molecule has 2 aliphatic carbocycles. The van der Waals surface area contributed by atoms with Crippen LogP contribution in [-0.2, 0) is 10.8 Å². The Hall–Kier alpha value is -1.78. The van der Waals surface area contributed by atoms with Crippen molar-refractivity contribution >= 4 is 53.7 Å². The van der Waals surface area contributed by atoms with Gasteiger partial charge in [0.15, 0.2) is 0 Å². The maximum absolute atomic E-state index is 4.92. The van der Waals surface area contributed by atoms with E-state index in [1.807, 2.05) is 24.5 Å². The minimum atomic E-state index is 0.0739. The monoisotopic (exact) mass is 562 g/mol. The van der Waals surface area contributed by atoms with E-state index in [-0.39, 0.29) is 10.8 Å². The molecular weight excluding hydrogens is 536 g/mol. The van der Waals surface area contributed by atoms with Gasteiger partial charge in [0, 0.05) is 32.1 Å². The van der Waals surface area contributed by atoms with Crippen molar-refractivity contribution in [2.75, 3.05) is 0 Å². The molecule has 2 fully saturated rings. The minimum Gasteiger partial charge on any atom is -0.256 e. The van der Waals surface area contributed by atoms with Crippen LogP contribution in [0, 0.1) is 11.8 Å². The van der Waals surface area contributed by atoms with Crippen molar-refractivity contribution in [3.63, 3.8) is 0 Å². The van der Waals surface area contributed by atoms with Gasteiger partial charge < -0.3 is 0 Å². The average Bonchev–Trinajstić information content (AvgIpc) is 2.78. The third-order valence-corrected chi connectivity index (χ3v) is 9.66. The molecule has 2 bridgehead atoms. The highest BCUT2D eigenvalue weighted by Gasteiger charge is 2.52. The van der Waals surface area contributed by atoms with Crippen molar-refractivity contribution in [3.8, 4) is 0 Å². The molecule has 0 saturated heterocycles. The van der Waals surface area contributed by atoms with Gasteiger partial charge in [0.25, 0.3) is 0 Å². The Morgan fingerprint density at radius 1 is 0.788 bits per heavy atom. The van der Waals surface area contributed by atoms with E-state index in [9.17, 15) is 0 Å². The van der Waals surface area contributed by atoms with Crippen LogP contribution in [0.15, 0.2) is 69.9 Å². The van der Waals surface area contributed by atoms with E-state index < -0.39 is 0 Å². The van der Waals surface area contributed by atoms with Crippen molar-refractivity contribution in [3.05, 3.63) is 81.0 Å². The lowest BCUT2D eigenvalue weighted by molar-refractivity contribution is 0.0605. The lowest BCUT2D eigenvalue weighted by Crippen LogP contribution is -2.48. The van der Waals surface area contributed by atoms with Crippen molar-refractivity contribution in [1.29, 1.82) is 0 Å². The SMILES string of the molecule is CC1CC2CC(C)(c3ccc(Br)c4cccnc34)CC(c3ccc(Br)c4cccnc34)(C1)C2. The van der Waals surface area contributed by atoms with Crippen LogP contribution in [-0.4, -0.2) is 9.97 Å². The molecule has 2 aliphatic rings. The Morgan fingerprint density at radius 2 is 1.39 bits per heavy atom. The average molecular weight is 564 g/mol. The zero-order chi connectivity index (χ0) is 22.8. The second-order valence-corrected chi connectivity index (χ2v) is 12.5. The van der Waals surface area contributed by atoms with Crippen LogP contribution in [0.1, 0.15) is 57.1 Å². The van der Waals surface area contributed by atoms with Gasteiger partial charge in [0.05, 0.1) is 11.0 Å². The van der Waals surface area contributed by atoms with Crippen LogP contribution in [0.4, 0.5) is 0 Å². The summed E-state index contributed by atoms with van der Waals surface area (Å²) in [6, 6.07) is 17.6. The number of nitrogens with zero attached hydrogens (tertiary/aromatic N) is 2. The largest absolute Gasteiger partial charge is 0.256 e. The Morgan fingerprint density at radius 3 is 2.06 bits per heavy atom. The number of hydrogen-bond donors (Lipinski definition) is 0. The Bertz CT molecular complexity index is 1380. The number of aromatic nitrogens is 2. The summed E-state index contributed by atoms with van der Waals surface area (Å²) in [6.07, 6.45) is 10.1. The lowest BCUT2D eigenvalue weighted by atomic mass is 9.49. The summed E-state index contributed by atoms with van der Waals surface area (Å²) in [5.74, 6) is 1.45. The van der Waals surface area contributed by atoms with Crippen LogP contribution >= 0.6 is 31.9 Å². The first-order chi connectivity index (χ1) is 15.9. The molecule has 2 aromatic carbocycles. The first-order valence-corrected chi connectivity index (χ1v) is 13.5. The van der Waals surface area contributed by atoms with Crippen LogP contribution < -0.4 is 0 Å². The van der Waals surface area contributed by atoms with E-state index >= 15 is 0 Å². The molecule has 0 amide bonds. The van der Waals surface area contributed by atoms with E-state index in [1.54, 1.807) is 0 Å². The summed E-state index contributed by atoms with van der Waals surface area (Å²) in [6.45, 7) is 4.95. The molecule has 0 spiro atoms. The normalized spacial score (nSPS) is 29.5. The van der Waals surface area contributed by atoms with Gasteiger partial charge in [0.1, 0.15) is 0 Å². The number of benzene rings is 2. The predicted octanol–water partition coefficient (Wildman–Crippen LogP) is 8.73. The zero-order valence-electron chi connectivity index (χ0n) is 19.1. The molecule has 2 saturated carbocycles. The molecule has 4 atom stereocenters. The number of rotatable bonds is 2. The molecule has 4 unspecified atom stereocenters. The summed E-state index contributed by atoms with van der Waals surface area (Å²) >= 11 is 7.53. The molecule has 2 nitrogen and oxygen atoms in total. The Labute approximate surface area is 212 Å². The first kappa shape index (κ1) is 21.7. The van der Waals surface area contributed by atoms with Gasteiger partial charge in [-0.3, -0.25) is 9.97 Å². The number of fused-ring (bicyclic) bond motifs is 4. The molecular formula is C29H28Br2N2. The summed E-state index contributed by atoms with van der Waals surface area (Å²) < 4.78 is 2.26. The van der Waals surface area contributed by atoms with Crippen molar-refractivity contribution < 1.29 is 0 Å².